The number of nitrogens with two attached hydrogens (primary N) is 1. The minimum Gasteiger partial charge on any atom is -1.00 e. The van der Waals surface area contributed by atoms with Crippen molar-refractivity contribution in [3.05, 3.63) is 35.9 Å². The van der Waals surface area contributed by atoms with Gasteiger partial charge in [-0.25, -0.2) is 0 Å². The van der Waals surface area contributed by atoms with Crippen molar-refractivity contribution in [2.24, 2.45) is 5.73 Å². The van der Waals surface area contributed by atoms with Crippen molar-refractivity contribution < 1.29 is 17.0 Å². The third-order valence-corrected chi connectivity index (χ3v) is 2.74. The summed E-state index contributed by atoms with van der Waals surface area (Å²) in [6.45, 7) is 0. The number of hydrogen-bond acceptors (Lipinski definition) is 3. The third kappa shape index (κ3) is 2.48. The summed E-state index contributed by atoms with van der Waals surface area (Å²) in [5.74, 6) is 0.982. The number of amidine groups is 1. The van der Waals surface area contributed by atoms with Crippen LogP contribution < -0.4 is 27.7 Å². The Morgan fingerprint density at radius 3 is 2.54 bits per heavy atom. The van der Waals surface area contributed by atoms with Crippen molar-refractivity contribution in [1.29, 1.82) is 0 Å². The average Bonchev–Trinajstić information content (AvgIpc) is 2.54. The number of nitrogens with zero attached hydrogens (tertiary/aromatic N) is 1. The van der Waals surface area contributed by atoms with Crippen LogP contribution in [0.5, 0.6) is 0 Å². The number of rotatable bonds is 1. The highest BCUT2D eigenvalue weighted by Crippen LogP contribution is 2.22. The van der Waals surface area contributed by atoms with Crippen molar-refractivity contribution in [3.8, 4) is 0 Å². The van der Waals surface area contributed by atoms with Crippen LogP contribution in [0.25, 0.3) is 0 Å². The van der Waals surface area contributed by atoms with Crippen molar-refractivity contribution in [2.45, 2.75) is 6.04 Å². The van der Waals surface area contributed by atoms with Crippen LogP contribution in [-0.4, -0.2) is 10.9 Å². The zero-order valence-corrected chi connectivity index (χ0v) is 9.38. The van der Waals surface area contributed by atoms with Gasteiger partial charge in [0.1, 0.15) is 0 Å². The van der Waals surface area contributed by atoms with E-state index in [0.717, 1.165) is 5.75 Å². The summed E-state index contributed by atoms with van der Waals surface area (Å²) in [4.78, 5) is 4.32. The molecule has 0 bridgehead atoms. The van der Waals surface area contributed by atoms with E-state index in [1.807, 2.05) is 18.2 Å². The third-order valence-electron chi connectivity index (χ3n) is 1.86. The summed E-state index contributed by atoms with van der Waals surface area (Å²) in [5.41, 5.74) is 6.83. The molecule has 0 amide bonds. The van der Waals surface area contributed by atoms with Gasteiger partial charge in [0.25, 0.3) is 0 Å². The normalized spacial score (nSPS) is 20.6. The molecule has 1 unspecified atom stereocenters. The second kappa shape index (κ2) is 4.67. The maximum atomic E-state index is 5.58. The van der Waals surface area contributed by atoms with Gasteiger partial charge in [0.05, 0.1) is 5.75 Å². The summed E-state index contributed by atoms with van der Waals surface area (Å²) < 4.78 is 0. The molecule has 69 valence electrons. The van der Waals surface area contributed by atoms with E-state index in [4.69, 9.17) is 5.73 Å². The van der Waals surface area contributed by atoms with Crippen molar-refractivity contribution in [2.75, 3.05) is 5.75 Å². The van der Waals surface area contributed by atoms with Crippen LogP contribution >= 0.6 is 11.8 Å². The second-order valence-electron chi connectivity index (χ2n) is 2.70. The first-order valence-corrected chi connectivity index (χ1v) is 4.86. The van der Waals surface area contributed by atoms with Crippen LogP contribution in [0.1, 0.15) is 11.6 Å². The lowest BCUT2D eigenvalue weighted by molar-refractivity contribution is -0.00000253. The summed E-state index contributed by atoms with van der Waals surface area (Å²) in [5, 5.41) is 0.712. The van der Waals surface area contributed by atoms with Gasteiger partial charge in [0.15, 0.2) is 6.04 Å². The number of benzene rings is 1. The van der Waals surface area contributed by atoms with Crippen LogP contribution in [0.3, 0.4) is 0 Å². The fourth-order valence-electron chi connectivity index (χ4n) is 1.24. The Morgan fingerprint density at radius 2 is 2.00 bits per heavy atom. The Bertz CT molecular complexity index is 300. The van der Waals surface area contributed by atoms with Gasteiger partial charge >= 0.3 is 5.17 Å². The number of thioether (sulfide) groups is 1. The zero-order chi connectivity index (χ0) is 8.39. The summed E-state index contributed by atoms with van der Waals surface area (Å²) >= 11 is 1.63. The van der Waals surface area contributed by atoms with Gasteiger partial charge in [-0.2, -0.15) is 0 Å². The molecule has 0 saturated carbocycles. The quantitative estimate of drug-likeness (QED) is 0.641. The van der Waals surface area contributed by atoms with Gasteiger partial charge in [-0.15, -0.1) is 0 Å². The molecule has 0 saturated heterocycles. The Labute approximate surface area is 92.4 Å². The molecule has 0 aliphatic carbocycles. The molecular weight excluding hydrogens is 248 g/mol. The average molecular weight is 258 g/mol. The molecule has 1 aliphatic rings. The molecule has 0 aromatic heterocycles. The first-order chi connectivity index (χ1) is 5.86. The van der Waals surface area contributed by atoms with Crippen LogP contribution in [0, 0.1) is 0 Å². The van der Waals surface area contributed by atoms with E-state index in [9.17, 15) is 0 Å². The molecule has 1 aliphatic heterocycles. The highest BCUT2D eigenvalue weighted by Gasteiger charge is 2.25. The lowest BCUT2D eigenvalue weighted by Gasteiger charge is -1.98. The van der Waals surface area contributed by atoms with Gasteiger partial charge in [-0.3, -0.25) is 5.73 Å². The van der Waals surface area contributed by atoms with Crippen LogP contribution in [0.15, 0.2) is 30.3 Å². The van der Waals surface area contributed by atoms with Crippen LogP contribution in [0.4, 0.5) is 0 Å². The lowest BCUT2D eigenvalue weighted by Crippen LogP contribution is -3.00. The summed E-state index contributed by atoms with van der Waals surface area (Å²) in [6.07, 6.45) is 0. The minimum atomic E-state index is 0. The van der Waals surface area contributed by atoms with Gasteiger partial charge in [-0.05, 0) is 11.8 Å². The number of halogens is 1. The molecule has 13 heavy (non-hydrogen) atoms. The molecule has 4 heteroatoms. The predicted molar refractivity (Wildman–Crippen MR) is 53.0 cm³/mol. The van der Waals surface area contributed by atoms with E-state index in [2.05, 4.69) is 17.1 Å². The summed E-state index contributed by atoms with van der Waals surface area (Å²) in [6, 6.07) is 10.5. The minimum absolute atomic E-state index is 0. The molecular formula is C9H10BrN2S. The van der Waals surface area contributed by atoms with E-state index in [0.29, 0.717) is 5.17 Å². The zero-order valence-electron chi connectivity index (χ0n) is 6.98. The highest BCUT2D eigenvalue weighted by atomic mass is 79.9. The Balaban J connectivity index is 0.000000845. The van der Waals surface area contributed by atoms with E-state index < -0.39 is 0 Å². The maximum Gasteiger partial charge on any atom is 0.345 e. The van der Waals surface area contributed by atoms with E-state index in [1.54, 1.807) is 11.8 Å². The van der Waals surface area contributed by atoms with Gasteiger partial charge < -0.3 is 17.0 Å². The topological polar surface area (TPSA) is 40.1 Å². The predicted octanol–water partition coefficient (Wildman–Crippen LogP) is -1.87. The molecule has 2 nitrogen and oxygen atoms in total. The van der Waals surface area contributed by atoms with Gasteiger partial charge in [-0.1, -0.05) is 35.3 Å². The van der Waals surface area contributed by atoms with Gasteiger partial charge in [0, 0.05) is 5.56 Å². The first-order valence-electron chi connectivity index (χ1n) is 3.87. The highest BCUT2D eigenvalue weighted by molar-refractivity contribution is 8.14. The van der Waals surface area contributed by atoms with Crippen LogP contribution in [-0.2, 0) is 0 Å². The standard InChI is InChI=1S/C9H10N2S.BrH/c10-9-11-8(6-12-9)7-4-2-1-3-5-7;/h1-5,8H,6,10H2;1H/q+1;/p-1. The Morgan fingerprint density at radius 1 is 1.31 bits per heavy atom. The van der Waals surface area contributed by atoms with E-state index >= 15 is 0 Å². The van der Waals surface area contributed by atoms with Crippen molar-refractivity contribution in [1.82, 2.24) is 4.99 Å². The molecule has 1 aromatic rings. The molecule has 2 N–H and O–H groups in total. The molecule has 1 radical (unpaired) electrons. The van der Waals surface area contributed by atoms with Crippen molar-refractivity contribution in [3.63, 3.8) is 0 Å². The van der Waals surface area contributed by atoms with Crippen LogP contribution in [0.2, 0.25) is 0 Å². The fraction of sp³-hybridized carbons (Fsp3) is 0.222. The van der Waals surface area contributed by atoms with Crippen molar-refractivity contribution >= 4 is 16.9 Å². The molecule has 1 heterocycles. The Kier molecular flexibility index (Phi) is 3.81. The molecule has 0 spiro atoms. The van der Waals surface area contributed by atoms with Gasteiger partial charge in [0.2, 0.25) is 0 Å². The largest absolute Gasteiger partial charge is 1.00 e. The Hall–Kier alpha value is -0.480. The molecule has 2 rings (SSSR count). The molecule has 0 fully saturated rings. The molecule has 1 aromatic carbocycles. The second-order valence-corrected chi connectivity index (χ2v) is 3.75. The van der Waals surface area contributed by atoms with E-state index in [1.165, 1.54) is 5.56 Å². The smallest absolute Gasteiger partial charge is 0.345 e. The number of aliphatic imine (C=N–C) groups is 1. The maximum absolute atomic E-state index is 5.58. The monoisotopic (exact) mass is 257 g/mol. The SMILES string of the molecule is NC1=[N+]C(c2ccccc2)CS1.[Br-]. The van der Waals surface area contributed by atoms with E-state index in [-0.39, 0.29) is 23.0 Å². The fourth-order valence-corrected chi connectivity index (χ4v) is 2.04. The molecule has 1 atom stereocenters. The first kappa shape index (κ1) is 10.6. The number of hydrogen-bond donors (Lipinski definition) is 1. The summed E-state index contributed by atoms with van der Waals surface area (Å²) in [7, 11) is 0. The lowest BCUT2D eigenvalue weighted by atomic mass is 10.1.